The summed E-state index contributed by atoms with van der Waals surface area (Å²) >= 11 is 0. The van der Waals surface area contributed by atoms with Gasteiger partial charge in [-0.05, 0) is 38.6 Å². The van der Waals surface area contributed by atoms with Gasteiger partial charge in [-0.3, -0.25) is 0 Å². The van der Waals surface area contributed by atoms with Crippen molar-refractivity contribution in [1.29, 1.82) is 0 Å². The minimum Gasteiger partial charge on any atom is -0.374 e. The molecule has 1 aliphatic rings. The van der Waals surface area contributed by atoms with E-state index in [2.05, 4.69) is 33.0 Å². The third-order valence-corrected chi connectivity index (χ3v) is 3.86. The summed E-state index contributed by atoms with van der Waals surface area (Å²) in [7, 11) is 0. The van der Waals surface area contributed by atoms with Crippen LogP contribution in [-0.4, -0.2) is 24.8 Å². The fraction of sp³-hybridized carbons (Fsp3) is 1.00. The molecule has 0 aromatic rings. The third kappa shape index (κ3) is 3.74. The molecule has 0 aromatic heterocycles. The monoisotopic (exact) mass is 227 g/mol. The minimum atomic E-state index is 0.0814. The van der Waals surface area contributed by atoms with Crippen molar-refractivity contribution in [1.82, 2.24) is 5.32 Å². The largest absolute Gasteiger partial charge is 0.374 e. The van der Waals surface area contributed by atoms with Gasteiger partial charge in [0, 0.05) is 12.6 Å². The average molecular weight is 227 g/mol. The van der Waals surface area contributed by atoms with Crippen LogP contribution in [-0.2, 0) is 4.74 Å². The highest BCUT2D eigenvalue weighted by Crippen LogP contribution is 2.32. The first-order valence-corrected chi connectivity index (χ1v) is 6.99. The van der Waals surface area contributed by atoms with Crippen LogP contribution in [0.2, 0.25) is 0 Å². The Labute approximate surface area is 101 Å². The lowest BCUT2D eigenvalue weighted by Gasteiger charge is -2.35. The summed E-state index contributed by atoms with van der Waals surface area (Å²) in [5.41, 5.74) is 0.0814. The highest BCUT2D eigenvalue weighted by Gasteiger charge is 2.38. The number of likely N-dealkylation sites (N-methyl/N-ethyl adjacent to an activating group) is 1. The zero-order valence-corrected chi connectivity index (χ0v) is 11.5. The van der Waals surface area contributed by atoms with Crippen LogP contribution in [0.15, 0.2) is 0 Å². The fourth-order valence-corrected chi connectivity index (χ4v) is 2.88. The van der Waals surface area contributed by atoms with Crippen molar-refractivity contribution in [3.63, 3.8) is 0 Å². The first-order valence-electron chi connectivity index (χ1n) is 6.99. The second kappa shape index (κ2) is 6.61. The second-order valence-corrected chi connectivity index (χ2v) is 5.50. The van der Waals surface area contributed by atoms with Gasteiger partial charge in [0.1, 0.15) is 0 Å². The molecule has 0 saturated carbocycles. The Balaban J connectivity index is 2.52. The van der Waals surface area contributed by atoms with Crippen LogP contribution < -0.4 is 5.32 Å². The van der Waals surface area contributed by atoms with Gasteiger partial charge in [0.15, 0.2) is 0 Å². The molecule has 1 rings (SSSR count). The van der Waals surface area contributed by atoms with Gasteiger partial charge in [0.2, 0.25) is 0 Å². The summed E-state index contributed by atoms with van der Waals surface area (Å²) in [5, 5.41) is 3.63. The normalized spacial score (nSPS) is 29.2. The van der Waals surface area contributed by atoms with E-state index in [1.165, 1.54) is 32.1 Å². The third-order valence-electron chi connectivity index (χ3n) is 3.86. The second-order valence-electron chi connectivity index (χ2n) is 5.50. The molecule has 3 unspecified atom stereocenters. The zero-order valence-electron chi connectivity index (χ0n) is 11.5. The lowest BCUT2D eigenvalue weighted by Crippen LogP contribution is -2.49. The summed E-state index contributed by atoms with van der Waals surface area (Å²) in [6.45, 7) is 11.1. The van der Waals surface area contributed by atoms with E-state index in [0.717, 1.165) is 19.1 Å². The number of nitrogens with one attached hydrogen (secondary N) is 1. The summed E-state index contributed by atoms with van der Waals surface area (Å²) < 4.78 is 5.97. The van der Waals surface area contributed by atoms with E-state index in [1.54, 1.807) is 0 Å². The molecule has 2 nitrogen and oxygen atoms in total. The molecule has 0 aliphatic carbocycles. The van der Waals surface area contributed by atoms with Crippen molar-refractivity contribution in [2.24, 2.45) is 5.92 Å². The lowest BCUT2D eigenvalue weighted by molar-refractivity contribution is -0.0174. The van der Waals surface area contributed by atoms with Gasteiger partial charge in [-0.25, -0.2) is 0 Å². The topological polar surface area (TPSA) is 21.3 Å². The van der Waals surface area contributed by atoms with Crippen molar-refractivity contribution in [3.8, 4) is 0 Å². The van der Waals surface area contributed by atoms with Crippen LogP contribution >= 0.6 is 0 Å². The Hall–Kier alpha value is -0.0800. The van der Waals surface area contributed by atoms with Crippen molar-refractivity contribution in [2.75, 3.05) is 13.2 Å². The Bertz CT molecular complexity index is 187. The maximum atomic E-state index is 5.97. The van der Waals surface area contributed by atoms with Crippen LogP contribution in [0.25, 0.3) is 0 Å². The molecular weight excluding hydrogens is 198 g/mol. The van der Waals surface area contributed by atoms with Crippen molar-refractivity contribution < 1.29 is 4.74 Å². The molecule has 0 amide bonds. The summed E-state index contributed by atoms with van der Waals surface area (Å²) in [6, 6.07) is 0.529. The van der Waals surface area contributed by atoms with Crippen LogP contribution in [0.5, 0.6) is 0 Å². The Morgan fingerprint density at radius 1 is 1.38 bits per heavy atom. The quantitative estimate of drug-likeness (QED) is 0.720. The van der Waals surface area contributed by atoms with Crippen LogP contribution in [0.3, 0.4) is 0 Å². The van der Waals surface area contributed by atoms with E-state index >= 15 is 0 Å². The van der Waals surface area contributed by atoms with Crippen molar-refractivity contribution in [2.45, 2.75) is 71.4 Å². The van der Waals surface area contributed by atoms with E-state index in [-0.39, 0.29) is 5.60 Å². The smallest absolute Gasteiger partial charge is 0.0807 e. The fourth-order valence-electron chi connectivity index (χ4n) is 2.88. The molecule has 1 aliphatic heterocycles. The summed E-state index contributed by atoms with van der Waals surface area (Å²) in [4.78, 5) is 0. The highest BCUT2D eigenvalue weighted by atomic mass is 16.5. The van der Waals surface area contributed by atoms with Crippen LogP contribution in [0.1, 0.15) is 59.8 Å². The van der Waals surface area contributed by atoms with Crippen molar-refractivity contribution >= 4 is 0 Å². The molecule has 1 N–H and O–H groups in total. The molecule has 1 fully saturated rings. The summed E-state index contributed by atoms with van der Waals surface area (Å²) in [5.74, 6) is 0.801. The molecule has 0 aromatic carbocycles. The first kappa shape index (κ1) is 14.0. The molecule has 16 heavy (non-hydrogen) atoms. The van der Waals surface area contributed by atoms with Crippen LogP contribution in [0.4, 0.5) is 0 Å². The predicted octanol–water partition coefficient (Wildman–Crippen LogP) is 3.36. The van der Waals surface area contributed by atoms with Gasteiger partial charge < -0.3 is 10.1 Å². The molecular formula is C14H29NO. The molecule has 0 radical (unpaired) electrons. The van der Waals surface area contributed by atoms with Crippen molar-refractivity contribution in [3.05, 3.63) is 0 Å². The molecule has 0 spiro atoms. The Morgan fingerprint density at radius 3 is 2.62 bits per heavy atom. The van der Waals surface area contributed by atoms with E-state index < -0.39 is 0 Å². The Morgan fingerprint density at radius 2 is 2.12 bits per heavy atom. The molecule has 1 heterocycles. The van der Waals surface area contributed by atoms with Gasteiger partial charge in [-0.15, -0.1) is 0 Å². The molecule has 96 valence electrons. The molecule has 3 atom stereocenters. The zero-order chi connectivity index (χ0) is 12.0. The maximum absolute atomic E-state index is 5.97. The molecule has 1 saturated heterocycles. The van der Waals surface area contributed by atoms with E-state index in [1.807, 2.05) is 0 Å². The highest BCUT2D eigenvalue weighted by molar-refractivity contribution is 4.93. The minimum absolute atomic E-state index is 0.0814. The molecule has 2 heteroatoms. The number of hydrogen-bond donors (Lipinski definition) is 1. The van der Waals surface area contributed by atoms with Gasteiger partial charge in [-0.2, -0.15) is 0 Å². The van der Waals surface area contributed by atoms with E-state index in [9.17, 15) is 0 Å². The van der Waals surface area contributed by atoms with E-state index in [4.69, 9.17) is 4.74 Å². The Kier molecular flexibility index (Phi) is 5.77. The van der Waals surface area contributed by atoms with Gasteiger partial charge in [0.05, 0.1) is 5.60 Å². The van der Waals surface area contributed by atoms with Gasteiger partial charge in [0.25, 0.3) is 0 Å². The molecule has 0 bridgehead atoms. The van der Waals surface area contributed by atoms with E-state index in [0.29, 0.717) is 6.04 Å². The van der Waals surface area contributed by atoms with Gasteiger partial charge in [-0.1, -0.05) is 33.6 Å². The average Bonchev–Trinajstić information content (AvgIpc) is 2.66. The SMILES string of the molecule is CCCC(C)CC(NCC)C1(C)CCCO1. The number of ether oxygens (including phenoxy) is 1. The standard InChI is InChI=1S/C14H29NO/c1-5-8-12(3)11-13(15-6-2)14(4)9-7-10-16-14/h12-13,15H,5-11H2,1-4H3. The number of hydrogen-bond acceptors (Lipinski definition) is 2. The lowest BCUT2D eigenvalue weighted by atomic mass is 9.85. The predicted molar refractivity (Wildman–Crippen MR) is 69.7 cm³/mol. The maximum Gasteiger partial charge on any atom is 0.0807 e. The first-order chi connectivity index (χ1) is 7.62. The summed E-state index contributed by atoms with van der Waals surface area (Å²) in [6.07, 6.45) is 6.30. The number of rotatable bonds is 7. The van der Waals surface area contributed by atoms with Crippen LogP contribution in [0, 0.1) is 5.92 Å². The van der Waals surface area contributed by atoms with Gasteiger partial charge >= 0.3 is 0 Å².